The third-order valence-electron chi connectivity index (χ3n) is 3.55. The fourth-order valence-corrected chi connectivity index (χ4v) is 2.30. The summed E-state index contributed by atoms with van der Waals surface area (Å²) in [7, 11) is 1.82. The van der Waals surface area contributed by atoms with Crippen LogP contribution in [0.5, 0.6) is 0 Å². The van der Waals surface area contributed by atoms with E-state index in [2.05, 4.69) is 13.8 Å². The van der Waals surface area contributed by atoms with Gasteiger partial charge < -0.3 is 10.0 Å². The van der Waals surface area contributed by atoms with Crippen LogP contribution in [0, 0.1) is 17.8 Å². The van der Waals surface area contributed by atoms with E-state index in [1.54, 1.807) is 4.90 Å². The molecule has 0 radical (unpaired) electrons. The maximum atomic E-state index is 12.1. The van der Waals surface area contributed by atoms with Crippen LogP contribution in [0.25, 0.3) is 0 Å². The number of amides is 1. The van der Waals surface area contributed by atoms with Crippen molar-refractivity contribution in [2.24, 2.45) is 17.8 Å². The second-order valence-electron chi connectivity index (χ2n) is 5.49. The number of carboxylic acids is 1. The summed E-state index contributed by atoms with van der Waals surface area (Å²) < 4.78 is 0. The first-order valence-corrected chi connectivity index (χ1v) is 6.39. The van der Waals surface area contributed by atoms with Crippen molar-refractivity contribution in [3.8, 4) is 0 Å². The van der Waals surface area contributed by atoms with E-state index >= 15 is 0 Å². The van der Waals surface area contributed by atoms with E-state index in [1.807, 2.05) is 7.05 Å². The molecular weight excluding hydrogens is 218 g/mol. The molecule has 0 unspecified atom stereocenters. The van der Waals surface area contributed by atoms with Crippen molar-refractivity contribution in [3.05, 3.63) is 0 Å². The Morgan fingerprint density at radius 1 is 1.29 bits per heavy atom. The average molecular weight is 241 g/mol. The van der Waals surface area contributed by atoms with E-state index in [0.29, 0.717) is 18.8 Å². The lowest BCUT2D eigenvalue weighted by molar-refractivity contribution is -0.141. The van der Waals surface area contributed by atoms with Crippen molar-refractivity contribution in [2.75, 3.05) is 13.6 Å². The third-order valence-corrected chi connectivity index (χ3v) is 3.55. The molecule has 0 spiro atoms. The minimum absolute atomic E-state index is 0.0757. The second kappa shape index (κ2) is 6.03. The summed E-state index contributed by atoms with van der Waals surface area (Å²) in [5.74, 6) is -0.448. The first-order chi connectivity index (χ1) is 7.91. The molecule has 0 aliphatic heterocycles. The third kappa shape index (κ3) is 4.02. The Morgan fingerprint density at radius 2 is 1.88 bits per heavy atom. The largest absolute Gasteiger partial charge is 0.481 e. The molecule has 98 valence electrons. The molecule has 4 heteroatoms. The van der Waals surface area contributed by atoms with Gasteiger partial charge in [-0.25, -0.2) is 0 Å². The lowest BCUT2D eigenvalue weighted by Crippen LogP contribution is -2.33. The van der Waals surface area contributed by atoms with E-state index in [1.165, 1.54) is 0 Å². The van der Waals surface area contributed by atoms with Gasteiger partial charge in [-0.05, 0) is 31.6 Å². The second-order valence-corrected chi connectivity index (χ2v) is 5.49. The highest BCUT2D eigenvalue weighted by molar-refractivity contribution is 5.80. The van der Waals surface area contributed by atoms with Gasteiger partial charge in [-0.15, -0.1) is 0 Å². The van der Waals surface area contributed by atoms with Gasteiger partial charge in [0.2, 0.25) is 5.91 Å². The van der Waals surface area contributed by atoms with Crippen LogP contribution in [0.2, 0.25) is 0 Å². The summed E-state index contributed by atoms with van der Waals surface area (Å²) in [4.78, 5) is 24.6. The molecule has 1 N–H and O–H groups in total. The zero-order valence-corrected chi connectivity index (χ0v) is 11.0. The number of carbonyl (C=O) groups excluding carboxylic acids is 1. The van der Waals surface area contributed by atoms with Gasteiger partial charge in [0, 0.05) is 19.5 Å². The molecule has 1 amide bonds. The van der Waals surface area contributed by atoms with E-state index in [-0.39, 0.29) is 17.7 Å². The van der Waals surface area contributed by atoms with Crippen LogP contribution in [-0.2, 0) is 9.59 Å². The van der Waals surface area contributed by atoms with E-state index in [9.17, 15) is 9.59 Å². The summed E-state index contributed by atoms with van der Waals surface area (Å²) in [6.45, 7) is 5.04. The van der Waals surface area contributed by atoms with Gasteiger partial charge >= 0.3 is 5.97 Å². The Kier molecular flexibility index (Phi) is 4.97. The Morgan fingerprint density at radius 3 is 2.35 bits per heavy atom. The van der Waals surface area contributed by atoms with Crippen molar-refractivity contribution in [2.45, 2.75) is 39.5 Å². The SMILES string of the molecule is CC(C)CCN(C)C(=O)[C@@H]1CC[C@H](C(=O)O)C1. The number of rotatable bonds is 5. The first kappa shape index (κ1) is 14.0. The predicted molar refractivity (Wildman–Crippen MR) is 65.6 cm³/mol. The number of hydrogen-bond donors (Lipinski definition) is 1. The summed E-state index contributed by atoms with van der Waals surface area (Å²) in [6, 6.07) is 0. The van der Waals surface area contributed by atoms with Gasteiger partial charge in [0.15, 0.2) is 0 Å². The van der Waals surface area contributed by atoms with Crippen LogP contribution in [0.3, 0.4) is 0 Å². The summed E-state index contributed by atoms with van der Waals surface area (Å²) >= 11 is 0. The van der Waals surface area contributed by atoms with Crippen molar-refractivity contribution in [1.82, 2.24) is 4.90 Å². The zero-order chi connectivity index (χ0) is 13.0. The topological polar surface area (TPSA) is 57.6 Å². The highest BCUT2D eigenvalue weighted by atomic mass is 16.4. The van der Waals surface area contributed by atoms with Crippen molar-refractivity contribution in [3.63, 3.8) is 0 Å². The van der Waals surface area contributed by atoms with Gasteiger partial charge in [0.25, 0.3) is 0 Å². The Bertz CT molecular complexity index is 288. The molecule has 4 nitrogen and oxygen atoms in total. The predicted octanol–water partition coefficient (Wildman–Crippen LogP) is 1.99. The minimum atomic E-state index is -0.759. The molecular formula is C13H23NO3. The van der Waals surface area contributed by atoms with E-state index in [0.717, 1.165) is 19.4 Å². The Hall–Kier alpha value is -1.06. The average Bonchev–Trinajstić information content (AvgIpc) is 2.73. The highest BCUT2D eigenvalue weighted by Crippen LogP contribution is 2.32. The van der Waals surface area contributed by atoms with Crippen LogP contribution in [0.4, 0.5) is 0 Å². The fourth-order valence-electron chi connectivity index (χ4n) is 2.30. The molecule has 0 aromatic carbocycles. The number of hydrogen-bond acceptors (Lipinski definition) is 2. The van der Waals surface area contributed by atoms with Crippen molar-refractivity contribution in [1.29, 1.82) is 0 Å². The van der Waals surface area contributed by atoms with Crippen LogP contribution in [0.1, 0.15) is 39.5 Å². The van der Waals surface area contributed by atoms with Gasteiger partial charge in [0.1, 0.15) is 0 Å². The molecule has 1 aliphatic rings. The molecule has 0 saturated heterocycles. The number of carboxylic acid groups (broad SMARTS) is 1. The normalized spacial score (nSPS) is 24.0. The van der Waals surface area contributed by atoms with Gasteiger partial charge in [-0.3, -0.25) is 9.59 Å². The standard InChI is InChI=1S/C13H23NO3/c1-9(2)6-7-14(3)12(15)10-4-5-11(8-10)13(16)17/h9-11H,4-8H2,1-3H3,(H,16,17)/t10-,11+/m1/s1. The molecule has 2 atom stereocenters. The number of nitrogens with zero attached hydrogens (tertiary/aromatic N) is 1. The number of carbonyl (C=O) groups is 2. The van der Waals surface area contributed by atoms with Gasteiger partial charge in [-0.2, -0.15) is 0 Å². The van der Waals surface area contributed by atoms with Crippen LogP contribution < -0.4 is 0 Å². The fraction of sp³-hybridized carbons (Fsp3) is 0.846. The quantitative estimate of drug-likeness (QED) is 0.800. The highest BCUT2D eigenvalue weighted by Gasteiger charge is 2.34. The van der Waals surface area contributed by atoms with Gasteiger partial charge in [-0.1, -0.05) is 13.8 Å². The van der Waals surface area contributed by atoms with Crippen LogP contribution in [-0.4, -0.2) is 35.5 Å². The Balaban J connectivity index is 2.40. The van der Waals surface area contributed by atoms with E-state index in [4.69, 9.17) is 5.11 Å². The molecule has 1 rings (SSSR count). The maximum Gasteiger partial charge on any atom is 0.306 e. The summed E-state index contributed by atoms with van der Waals surface area (Å²) in [5, 5.41) is 8.90. The van der Waals surface area contributed by atoms with E-state index < -0.39 is 5.97 Å². The maximum absolute atomic E-state index is 12.1. The smallest absolute Gasteiger partial charge is 0.306 e. The molecule has 0 heterocycles. The first-order valence-electron chi connectivity index (χ1n) is 6.39. The lowest BCUT2D eigenvalue weighted by Gasteiger charge is -2.21. The van der Waals surface area contributed by atoms with Crippen LogP contribution >= 0.6 is 0 Å². The molecule has 1 aliphatic carbocycles. The zero-order valence-electron chi connectivity index (χ0n) is 11.0. The molecule has 0 bridgehead atoms. The van der Waals surface area contributed by atoms with Crippen molar-refractivity contribution >= 4 is 11.9 Å². The summed E-state index contributed by atoms with van der Waals surface area (Å²) in [6.07, 6.45) is 2.88. The molecule has 1 saturated carbocycles. The van der Waals surface area contributed by atoms with Crippen LogP contribution in [0.15, 0.2) is 0 Å². The molecule has 17 heavy (non-hydrogen) atoms. The number of aliphatic carboxylic acids is 1. The molecule has 1 fully saturated rings. The summed E-state index contributed by atoms with van der Waals surface area (Å²) in [5.41, 5.74) is 0. The van der Waals surface area contributed by atoms with Crippen molar-refractivity contribution < 1.29 is 14.7 Å². The minimum Gasteiger partial charge on any atom is -0.481 e. The van der Waals surface area contributed by atoms with Gasteiger partial charge in [0.05, 0.1) is 5.92 Å². The lowest BCUT2D eigenvalue weighted by atomic mass is 10.0. The molecule has 0 aromatic heterocycles. The monoisotopic (exact) mass is 241 g/mol. The Labute approximate surface area is 103 Å². The molecule has 0 aromatic rings.